The van der Waals surface area contributed by atoms with Gasteiger partial charge in [0.05, 0.1) is 5.69 Å². The second kappa shape index (κ2) is 6.36. The van der Waals surface area contributed by atoms with E-state index in [1.54, 1.807) is 17.7 Å². The molecule has 1 heterocycles. The minimum Gasteiger partial charge on any atom is -0.371 e. The van der Waals surface area contributed by atoms with Crippen molar-refractivity contribution < 1.29 is 21.6 Å². The van der Waals surface area contributed by atoms with E-state index in [4.69, 9.17) is 0 Å². The van der Waals surface area contributed by atoms with Crippen molar-refractivity contribution in [2.75, 3.05) is 22.7 Å². The maximum absolute atomic E-state index is 12.5. The van der Waals surface area contributed by atoms with Crippen LogP contribution in [0.2, 0.25) is 0 Å². The van der Waals surface area contributed by atoms with E-state index in [-0.39, 0.29) is 5.69 Å². The number of benzene rings is 1. The Labute approximate surface area is 128 Å². The minimum atomic E-state index is -5.40. The zero-order valence-corrected chi connectivity index (χ0v) is 13.1. The lowest BCUT2D eigenvalue weighted by Gasteiger charge is -2.24. The number of nitrogens with zero attached hydrogens (tertiary/aromatic N) is 1. The van der Waals surface area contributed by atoms with E-state index < -0.39 is 15.5 Å². The van der Waals surface area contributed by atoms with Gasteiger partial charge in [-0.2, -0.15) is 21.6 Å². The van der Waals surface area contributed by atoms with E-state index in [1.807, 2.05) is 6.07 Å². The largest absolute Gasteiger partial charge is 0.516 e. The summed E-state index contributed by atoms with van der Waals surface area (Å²) >= 11 is 0. The average molecular weight is 336 g/mol. The molecule has 1 aromatic carbocycles. The zero-order chi connectivity index (χ0) is 16.4. The Bertz CT molecular complexity index is 621. The van der Waals surface area contributed by atoms with Gasteiger partial charge in [0.15, 0.2) is 0 Å². The molecule has 1 fully saturated rings. The molecule has 0 amide bonds. The van der Waals surface area contributed by atoms with Gasteiger partial charge in [-0.3, -0.25) is 4.72 Å². The number of hydrogen-bond donors (Lipinski definition) is 1. The molecule has 1 aliphatic rings. The third kappa shape index (κ3) is 3.85. The number of aryl methyl sites for hydroxylation is 1. The number of alkyl halides is 3. The second-order valence-electron chi connectivity index (χ2n) is 5.45. The van der Waals surface area contributed by atoms with Crippen LogP contribution >= 0.6 is 0 Å². The highest BCUT2D eigenvalue weighted by Gasteiger charge is 2.46. The molecule has 0 aromatic heterocycles. The first-order valence-corrected chi connectivity index (χ1v) is 8.64. The molecule has 124 valence electrons. The summed E-state index contributed by atoms with van der Waals surface area (Å²) in [6.07, 6.45) is 4.32. The van der Waals surface area contributed by atoms with Gasteiger partial charge in [0.25, 0.3) is 0 Å². The molecule has 8 heteroatoms. The normalized spacial score (nSPS) is 17.2. The highest BCUT2D eigenvalue weighted by atomic mass is 32.2. The molecule has 0 saturated carbocycles. The molecule has 22 heavy (non-hydrogen) atoms. The fourth-order valence-electron chi connectivity index (χ4n) is 2.45. The Hall–Kier alpha value is -1.44. The Kier molecular flexibility index (Phi) is 4.89. The summed E-state index contributed by atoms with van der Waals surface area (Å²) in [5.41, 5.74) is -4.16. The van der Waals surface area contributed by atoms with Gasteiger partial charge in [-0.05, 0) is 37.5 Å². The van der Waals surface area contributed by atoms with Gasteiger partial charge in [-0.15, -0.1) is 0 Å². The molecule has 0 radical (unpaired) electrons. The number of sulfonamides is 1. The van der Waals surface area contributed by atoms with Crippen LogP contribution in [0.1, 0.15) is 31.2 Å². The van der Waals surface area contributed by atoms with E-state index in [9.17, 15) is 21.6 Å². The third-order valence-electron chi connectivity index (χ3n) is 3.74. The van der Waals surface area contributed by atoms with Crippen LogP contribution in [-0.2, 0) is 10.0 Å². The smallest absolute Gasteiger partial charge is 0.371 e. The van der Waals surface area contributed by atoms with Gasteiger partial charge >= 0.3 is 15.5 Å². The molecule has 1 aromatic rings. The average Bonchev–Trinajstić information content (AvgIpc) is 2.68. The van der Waals surface area contributed by atoms with Crippen molar-refractivity contribution in [1.82, 2.24) is 0 Å². The summed E-state index contributed by atoms with van der Waals surface area (Å²) in [6, 6.07) is 4.92. The van der Waals surface area contributed by atoms with Crippen LogP contribution in [0.25, 0.3) is 0 Å². The summed E-state index contributed by atoms with van der Waals surface area (Å²) in [4.78, 5) is 2.08. The molecule has 0 bridgehead atoms. The predicted molar refractivity (Wildman–Crippen MR) is 80.5 cm³/mol. The number of rotatable bonds is 3. The minimum absolute atomic E-state index is 0.0286. The first-order valence-electron chi connectivity index (χ1n) is 7.15. The number of halogens is 3. The molecule has 0 unspecified atom stereocenters. The topological polar surface area (TPSA) is 49.4 Å². The maximum Gasteiger partial charge on any atom is 0.516 e. The Balaban J connectivity index is 2.27. The lowest BCUT2D eigenvalue weighted by molar-refractivity contribution is -0.0429. The van der Waals surface area contributed by atoms with Crippen molar-refractivity contribution in [3.63, 3.8) is 0 Å². The highest BCUT2D eigenvalue weighted by Crippen LogP contribution is 2.30. The Morgan fingerprint density at radius 3 is 2.23 bits per heavy atom. The van der Waals surface area contributed by atoms with Gasteiger partial charge in [-0.25, -0.2) is 0 Å². The van der Waals surface area contributed by atoms with E-state index in [0.717, 1.165) is 44.5 Å². The molecule has 4 nitrogen and oxygen atoms in total. The zero-order valence-electron chi connectivity index (χ0n) is 12.3. The van der Waals surface area contributed by atoms with E-state index in [2.05, 4.69) is 4.90 Å². The molecule has 2 rings (SSSR count). The van der Waals surface area contributed by atoms with Crippen LogP contribution in [0.15, 0.2) is 18.2 Å². The van der Waals surface area contributed by atoms with Crippen molar-refractivity contribution in [2.24, 2.45) is 0 Å². The van der Waals surface area contributed by atoms with Crippen LogP contribution in [0, 0.1) is 6.92 Å². The monoisotopic (exact) mass is 336 g/mol. The molecular formula is C14H19F3N2O2S. The van der Waals surface area contributed by atoms with E-state index in [0.29, 0.717) is 5.56 Å². The molecule has 0 aliphatic carbocycles. The maximum atomic E-state index is 12.5. The SMILES string of the molecule is Cc1ccc(N2CCCCCC2)cc1NS(=O)(=O)C(F)(F)F. The number of anilines is 2. The van der Waals surface area contributed by atoms with Gasteiger partial charge < -0.3 is 4.90 Å². The molecule has 1 saturated heterocycles. The molecule has 1 aliphatic heterocycles. The second-order valence-corrected chi connectivity index (χ2v) is 7.13. The molecule has 1 N–H and O–H groups in total. The highest BCUT2D eigenvalue weighted by molar-refractivity contribution is 7.93. The van der Waals surface area contributed by atoms with E-state index >= 15 is 0 Å². The summed E-state index contributed by atoms with van der Waals surface area (Å²) < 4.78 is 61.7. The van der Waals surface area contributed by atoms with Crippen LogP contribution in [0.5, 0.6) is 0 Å². The Morgan fingerprint density at radius 1 is 1.09 bits per heavy atom. The number of hydrogen-bond acceptors (Lipinski definition) is 3. The van der Waals surface area contributed by atoms with Crippen molar-refractivity contribution in [1.29, 1.82) is 0 Å². The van der Waals surface area contributed by atoms with Crippen molar-refractivity contribution in [2.45, 2.75) is 38.1 Å². The van der Waals surface area contributed by atoms with E-state index in [1.165, 1.54) is 6.07 Å². The van der Waals surface area contributed by atoms with Crippen LogP contribution in [-0.4, -0.2) is 27.0 Å². The van der Waals surface area contributed by atoms with Gasteiger partial charge in [-0.1, -0.05) is 18.9 Å². The van der Waals surface area contributed by atoms with Crippen molar-refractivity contribution in [3.8, 4) is 0 Å². The summed E-state index contributed by atoms with van der Waals surface area (Å²) in [5.74, 6) is 0. The summed E-state index contributed by atoms with van der Waals surface area (Å²) in [7, 11) is -5.40. The van der Waals surface area contributed by atoms with Crippen LogP contribution in [0.4, 0.5) is 24.5 Å². The standard InChI is InChI=1S/C14H19F3N2O2S/c1-11-6-7-12(19-8-4-2-3-5-9-19)10-13(11)18-22(20,21)14(15,16)17/h6-7,10,18H,2-5,8-9H2,1H3. The summed E-state index contributed by atoms with van der Waals surface area (Å²) in [6.45, 7) is 3.23. The van der Waals surface area contributed by atoms with Crippen LogP contribution in [0.3, 0.4) is 0 Å². The first kappa shape index (κ1) is 16.9. The third-order valence-corrected chi connectivity index (χ3v) is 4.84. The van der Waals surface area contributed by atoms with Crippen molar-refractivity contribution >= 4 is 21.4 Å². The lowest BCUT2D eigenvalue weighted by atomic mass is 10.1. The summed E-state index contributed by atoms with van der Waals surface area (Å²) in [5, 5.41) is 0. The van der Waals surface area contributed by atoms with Gasteiger partial charge in [0.2, 0.25) is 0 Å². The van der Waals surface area contributed by atoms with Gasteiger partial charge in [0, 0.05) is 18.8 Å². The van der Waals surface area contributed by atoms with Crippen LogP contribution < -0.4 is 9.62 Å². The fraction of sp³-hybridized carbons (Fsp3) is 0.571. The fourth-order valence-corrected chi connectivity index (χ4v) is 3.07. The van der Waals surface area contributed by atoms with Crippen molar-refractivity contribution in [3.05, 3.63) is 23.8 Å². The molecular weight excluding hydrogens is 317 g/mol. The first-order chi connectivity index (χ1) is 10.2. The predicted octanol–water partition coefficient (Wildman–Crippen LogP) is 3.64. The molecule has 0 spiro atoms. The molecule has 0 atom stereocenters. The Morgan fingerprint density at radius 2 is 1.68 bits per heavy atom. The van der Waals surface area contributed by atoms with Gasteiger partial charge in [0.1, 0.15) is 0 Å². The number of nitrogens with one attached hydrogen (secondary N) is 1. The quantitative estimate of drug-likeness (QED) is 0.917. The lowest BCUT2D eigenvalue weighted by Crippen LogP contribution is -2.30.